The van der Waals surface area contributed by atoms with E-state index in [-0.39, 0.29) is 11.8 Å². The molecule has 6 nitrogen and oxygen atoms in total. The lowest BCUT2D eigenvalue weighted by atomic mass is 10.1. The number of thiophene rings is 1. The van der Waals surface area contributed by atoms with E-state index >= 15 is 0 Å². The molecule has 0 unspecified atom stereocenters. The van der Waals surface area contributed by atoms with Crippen molar-refractivity contribution in [3.8, 4) is 5.75 Å². The van der Waals surface area contributed by atoms with E-state index in [1.807, 2.05) is 55.5 Å². The smallest absolute Gasteiger partial charge is 0.325 e. The molecule has 0 spiro atoms. The molecule has 0 radical (unpaired) electrons. The van der Waals surface area contributed by atoms with E-state index in [4.69, 9.17) is 4.74 Å². The largest absolute Gasteiger partial charge is 0.492 e. The third kappa shape index (κ3) is 5.11. The Kier molecular flexibility index (Phi) is 6.62. The lowest BCUT2D eigenvalue weighted by molar-refractivity contribution is 0.0986. The normalized spacial score (nSPS) is 13.6. The predicted molar refractivity (Wildman–Crippen MR) is 122 cm³/mol. The summed E-state index contributed by atoms with van der Waals surface area (Å²) in [5, 5.41) is 0.832. The fourth-order valence-electron chi connectivity index (χ4n) is 3.58. The van der Waals surface area contributed by atoms with Crippen LogP contribution < -0.4 is 9.64 Å². The molecule has 3 heterocycles. The summed E-state index contributed by atoms with van der Waals surface area (Å²) >= 11 is 1.41. The van der Waals surface area contributed by atoms with Crippen LogP contribution in [0.1, 0.15) is 27.2 Å². The topological polar surface area (TPSA) is 62.7 Å². The number of pyridine rings is 1. The molecule has 2 aromatic heterocycles. The maximum atomic E-state index is 12.9. The summed E-state index contributed by atoms with van der Waals surface area (Å²) in [6, 6.07) is 15.4. The van der Waals surface area contributed by atoms with Crippen LogP contribution in [0.2, 0.25) is 0 Å². The molecule has 160 valence electrons. The number of carbonyl (C=O) groups excluding carboxylic acids is 2. The van der Waals surface area contributed by atoms with E-state index < -0.39 is 0 Å². The molecule has 0 saturated carbocycles. The number of carbonyl (C=O) groups is 2. The van der Waals surface area contributed by atoms with Crippen LogP contribution >= 0.6 is 11.3 Å². The Morgan fingerprint density at radius 3 is 2.77 bits per heavy atom. The van der Waals surface area contributed by atoms with Gasteiger partial charge in [-0.25, -0.2) is 4.79 Å². The van der Waals surface area contributed by atoms with Crippen molar-refractivity contribution >= 4 is 28.2 Å². The van der Waals surface area contributed by atoms with Crippen LogP contribution in [0.15, 0.2) is 60.9 Å². The Balaban J connectivity index is 1.33. The van der Waals surface area contributed by atoms with Crippen LogP contribution in [0, 0.1) is 6.92 Å². The maximum absolute atomic E-state index is 12.9. The van der Waals surface area contributed by atoms with Gasteiger partial charge in [-0.05, 0) is 48.7 Å². The average molecular weight is 436 g/mol. The highest BCUT2D eigenvalue weighted by Gasteiger charge is 2.31. The number of ether oxygens (including phenoxy) is 1. The van der Waals surface area contributed by atoms with Crippen LogP contribution in [0.3, 0.4) is 0 Å². The Bertz CT molecular complexity index is 1040. The van der Waals surface area contributed by atoms with Crippen LogP contribution in [0.25, 0.3) is 0 Å². The van der Waals surface area contributed by atoms with Gasteiger partial charge in [-0.2, -0.15) is 0 Å². The van der Waals surface area contributed by atoms with Gasteiger partial charge in [0, 0.05) is 31.9 Å². The summed E-state index contributed by atoms with van der Waals surface area (Å²) < 4.78 is 5.72. The molecule has 0 aliphatic carbocycles. The number of hydrogen-bond acceptors (Lipinski definition) is 5. The quantitative estimate of drug-likeness (QED) is 0.461. The lowest BCUT2D eigenvalue weighted by Crippen LogP contribution is -2.34. The maximum Gasteiger partial charge on any atom is 0.325 e. The number of para-hydroxylation sites is 1. The monoisotopic (exact) mass is 435 g/mol. The van der Waals surface area contributed by atoms with Crippen molar-refractivity contribution < 1.29 is 14.3 Å². The number of nitrogens with zero attached hydrogens (tertiary/aromatic N) is 3. The molecule has 1 aliphatic heterocycles. The molecule has 1 saturated heterocycles. The van der Waals surface area contributed by atoms with E-state index in [1.165, 1.54) is 11.3 Å². The van der Waals surface area contributed by atoms with Gasteiger partial charge in [-0.1, -0.05) is 24.3 Å². The molecule has 2 amide bonds. The highest BCUT2D eigenvalue weighted by atomic mass is 32.1. The zero-order chi connectivity index (χ0) is 21.6. The third-order valence-electron chi connectivity index (χ3n) is 5.26. The summed E-state index contributed by atoms with van der Waals surface area (Å²) in [6.45, 7) is 4.19. The number of aryl methyl sites for hydroxylation is 2. The van der Waals surface area contributed by atoms with Gasteiger partial charge in [0.1, 0.15) is 12.4 Å². The fourth-order valence-corrected chi connectivity index (χ4v) is 4.74. The van der Waals surface area contributed by atoms with Crippen molar-refractivity contribution in [1.29, 1.82) is 0 Å². The minimum atomic E-state index is -0.0349. The second kappa shape index (κ2) is 9.75. The number of urea groups is 1. The van der Waals surface area contributed by atoms with Crippen molar-refractivity contribution in [3.05, 3.63) is 76.9 Å². The molecule has 1 fully saturated rings. The average Bonchev–Trinajstić information content (AvgIpc) is 3.36. The SMILES string of the molecule is Cc1cc(N2CCN(CCOc3ccccc3)C2=O)sc1C(=O)CCc1cccnc1. The molecule has 4 rings (SSSR count). The van der Waals surface area contributed by atoms with Crippen LogP contribution in [-0.2, 0) is 6.42 Å². The first-order valence-corrected chi connectivity index (χ1v) is 11.2. The van der Waals surface area contributed by atoms with Crippen molar-refractivity contribution in [2.75, 3.05) is 31.1 Å². The molecule has 3 aromatic rings. The first-order chi connectivity index (χ1) is 15.1. The Morgan fingerprint density at radius 1 is 1.16 bits per heavy atom. The number of amides is 2. The van der Waals surface area contributed by atoms with Crippen molar-refractivity contribution in [1.82, 2.24) is 9.88 Å². The number of Topliss-reactive ketones (excluding diaryl/α,β-unsaturated/α-hetero) is 1. The molecule has 0 N–H and O–H groups in total. The number of aromatic nitrogens is 1. The Morgan fingerprint density at radius 2 is 2.00 bits per heavy atom. The highest BCUT2D eigenvalue weighted by Crippen LogP contribution is 2.33. The zero-order valence-electron chi connectivity index (χ0n) is 17.5. The van der Waals surface area contributed by atoms with Gasteiger partial charge in [0.2, 0.25) is 0 Å². The molecule has 7 heteroatoms. The zero-order valence-corrected chi connectivity index (χ0v) is 18.3. The van der Waals surface area contributed by atoms with Crippen molar-refractivity contribution in [2.24, 2.45) is 0 Å². The summed E-state index contributed by atoms with van der Waals surface area (Å²) in [5.74, 6) is 0.909. The number of ketones is 1. The minimum Gasteiger partial charge on any atom is -0.492 e. The first kappa shape index (κ1) is 21.1. The Labute approximate surface area is 186 Å². The molecular weight excluding hydrogens is 410 g/mol. The van der Waals surface area contributed by atoms with Gasteiger partial charge in [0.25, 0.3) is 0 Å². The second-order valence-corrected chi connectivity index (χ2v) is 8.49. The fraction of sp³-hybridized carbons (Fsp3) is 0.292. The standard InChI is InChI=1S/C24H25N3O3S/c1-18-16-22(31-23(18)21(28)10-9-19-6-5-11-25-17-19)27-13-12-26(24(27)29)14-15-30-20-7-3-2-4-8-20/h2-8,11,16-17H,9-10,12-15H2,1H3. The number of hydrogen-bond donors (Lipinski definition) is 0. The van der Waals surface area contributed by atoms with Crippen LogP contribution in [0.5, 0.6) is 5.75 Å². The second-order valence-electron chi connectivity index (χ2n) is 7.46. The van der Waals surface area contributed by atoms with Gasteiger partial charge in [-0.15, -0.1) is 11.3 Å². The van der Waals surface area contributed by atoms with E-state index in [2.05, 4.69) is 4.98 Å². The van der Waals surface area contributed by atoms with E-state index in [0.717, 1.165) is 26.8 Å². The first-order valence-electron chi connectivity index (χ1n) is 10.4. The third-order valence-corrected chi connectivity index (χ3v) is 6.56. The molecule has 31 heavy (non-hydrogen) atoms. The lowest BCUT2D eigenvalue weighted by Gasteiger charge is -2.17. The van der Waals surface area contributed by atoms with Crippen molar-refractivity contribution in [3.63, 3.8) is 0 Å². The summed E-state index contributed by atoms with van der Waals surface area (Å²) in [4.78, 5) is 34.0. The number of benzene rings is 1. The Hall–Kier alpha value is -3.19. The molecular formula is C24H25N3O3S. The molecule has 0 atom stereocenters. The van der Waals surface area contributed by atoms with E-state index in [0.29, 0.717) is 39.1 Å². The highest BCUT2D eigenvalue weighted by molar-refractivity contribution is 7.18. The molecule has 0 bridgehead atoms. The molecule has 1 aromatic carbocycles. The van der Waals surface area contributed by atoms with Crippen LogP contribution in [-0.4, -0.2) is 47.9 Å². The van der Waals surface area contributed by atoms with Gasteiger partial charge < -0.3 is 9.64 Å². The van der Waals surface area contributed by atoms with Crippen LogP contribution in [0.4, 0.5) is 9.80 Å². The summed E-state index contributed by atoms with van der Waals surface area (Å²) in [5.41, 5.74) is 1.98. The van der Waals surface area contributed by atoms with Gasteiger partial charge >= 0.3 is 6.03 Å². The van der Waals surface area contributed by atoms with Gasteiger partial charge in [-0.3, -0.25) is 14.7 Å². The van der Waals surface area contributed by atoms with Gasteiger partial charge in [0.05, 0.1) is 16.4 Å². The molecule has 1 aliphatic rings. The van der Waals surface area contributed by atoms with E-state index in [1.54, 1.807) is 22.2 Å². The number of anilines is 1. The van der Waals surface area contributed by atoms with Gasteiger partial charge in [0.15, 0.2) is 5.78 Å². The predicted octanol–water partition coefficient (Wildman–Crippen LogP) is 4.59. The minimum absolute atomic E-state index is 0.0349. The van der Waals surface area contributed by atoms with E-state index in [9.17, 15) is 9.59 Å². The van der Waals surface area contributed by atoms with Crippen molar-refractivity contribution in [2.45, 2.75) is 19.8 Å². The number of rotatable bonds is 9. The summed E-state index contributed by atoms with van der Waals surface area (Å²) in [7, 11) is 0. The summed E-state index contributed by atoms with van der Waals surface area (Å²) in [6.07, 6.45) is 4.62.